The fraction of sp³-hybridized carbons (Fsp3) is 0.846. The second-order valence-electron chi connectivity index (χ2n) is 5.55. The molecular weight excluding hydrogens is 230 g/mol. The van der Waals surface area contributed by atoms with Crippen molar-refractivity contribution < 1.29 is 9.47 Å². The highest BCUT2D eigenvalue weighted by molar-refractivity contribution is 5.03. The Hall–Kier alpha value is -0.940. The van der Waals surface area contributed by atoms with Gasteiger partial charge in [-0.2, -0.15) is 5.10 Å². The summed E-state index contributed by atoms with van der Waals surface area (Å²) in [5.41, 5.74) is -0.0540. The van der Waals surface area contributed by atoms with E-state index in [1.165, 1.54) is 0 Å². The van der Waals surface area contributed by atoms with E-state index in [0.29, 0.717) is 12.5 Å². The summed E-state index contributed by atoms with van der Waals surface area (Å²) in [4.78, 5) is 4.65. The van der Waals surface area contributed by atoms with Gasteiger partial charge in [-0.3, -0.25) is 4.68 Å². The number of aromatic nitrogens is 3. The van der Waals surface area contributed by atoms with Crippen LogP contribution in [-0.4, -0.2) is 40.7 Å². The molecule has 2 rings (SSSR count). The minimum Gasteiger partial charge on any atom is -0.384 e. The van der Waals surface area contributed by atoms with E-state index in [0.717, 1.165) is 37.5 Å². The van der Waals surface area contributed by atoms with Gasteiger partial charge in [0.1, 0.15) is 5.82 Å². The van der Waals surface area contributed by atoms with Gasteiger partial charge in [0, 0.05) is 33.1 Å². The van der Waals surface area contributed by atoms with E-state index in [2.05, 4.69) is 23.9 Å². The molecule has 0 aromatic carbocycles. The molecule has 2 heterocycles. The van der Waals surface area contributed by atoms with Gasteiger partial charge in [0.25, 0.3) is 0 Å². The van der Waals surface area contributed by atoms with E-state index in [-0.39, 0.29) is 5.60 Å². The number of aryl methyl sites for hydroxylation is 1. The third-order valence-electron chi connectivity index (χ3n) is 3.43. The van der Waals surface area contributed by atoms with Gasteiger partial charge < -0.3 is 9.47 Å². The minimum absolute atomic E-state index is 0.0540. The van der Waals surface area contributed by atoms with Crippen molar-refractivity contribution in [2.45, 2.75) is 44.6 Å². The molecule has 1 fully saturated rings. The van der Waals surface area contributed by atoms with Gasteiger partial charge in [-0.1, -0.05) is 0 Å². The lowest BCUT2D eigenvalue weighted by molar-refractivity contribution is -0.0606. The van der Waals surface area contributed by atoms with E-state index < -0.39 is 0 Å². The molecule has 5 nitrogen and oxygen atoms in total. The van der Waals surface area contributed by atoms with Crippen LogP contribution in [0.15, 0.2) is 0 Å². The quantitative estimate of drug-likeness (QED) is 0.819. The molecule has 0 bridgehead atoms. The van der Waals surface area contributed by atoms with Gasteiger partial charge in [-0.15, -0.1) is 0 Å². The molecule has 0 spiro atoms. The maximum atomic E-state index is 5.75. The first-order chi connectivity index (χ1) is 8.52. The number of methoxy groups -OCH3 is 1. The van der Waals surface area contributed by atoms with Gasteiger partial charge in [0.2, 0.25) is 0 Å². The summed E-state index contributed by atoms with van der Waals surface area (Å²) in [6.45, 7) is 5.75. The summed E-state index contributed by atoms with van der Waals surface area (Å²) in [7, 11) is 3.67. The predicted molar refractivity (Wildman–Crippen MR) is 68.6 cm³/mol. The Morgan fingerprint density at radius 2 is 2.28 bits per heavy atom. The Labute approximate surface area is 108 Å². The molecule has 102 valence electrons. The number of rotatable bonds is 4. The molecule has 1 aliphatic rings. The van der Waals surface area contributed by atoms with Crippen LogP contribution in [0.4, 0.5) is 0 Å². The number of ether oxygens (including phenoxy) is 2. The van der Waals surface area contributed by atoms with Crippen molar-refractivity contribution in [3.63, 3.8) is 0 Å². The summed E-state index contributed by atoms with van der Waals surface area (Å²) >= 11 is 0. The first kappa shape index (κ1) is 13.5. The Kier molecular flexibility index (Phi) is 4.02. The van der Waals surface area contributed by atoms with Crippen molar-refractivity contribution in [1.29, 1.82) is 0 Å². The molecule has 18 heavy (non-hydrogen) atoms. The first-order valence-corrected chi connectivity index (χ1v) is 6.54. The van der Waals surface area contributed by atoms with Crippen molar-refractivity contribution in [2.75, 3.05) is 20.3 Å². The van der Waals surface area contributed by atoms with E-state index in [9.17, 15) is 0 Å². The summed E-state index contributed by atoms with van der Waals surface area (Å²) in [6.07, 6.45) is 2.81. The van der Waals surface area contributed by atoms with Gasteiger partial charge >= 0.3 is 0 Å². The smallest absolute Gasteiger partial charge is 0.153 e. The third-order valence-corrected chi connectivity index (χ3v) is 3.43. The Bertz CT molecular complexity index is 401. The van der Waals surface area contributed by atoms with E-state index in [1.54, 1.807) is 7.11 Å². The zero-order valence-electron chi connectivity index (χ0n) is 11.8. The highest BCUT2D eigenvalue weighted by Gasteiger charge is 2.32. The molecular formula is C13H23N3O2. The number of nitrogens with zero attached hydrogens (tertiary/aromatic N) is 3. The predicted octanol–water partition coefficient (Wildman–Crippen LogP) is 1.68. The molecule has 1 aliphatic heterocycles. The first-order valence-electron chi connectivity index (χ1n) is 6.54. The van der Waals surface area contributed by atoms with Gasteiger partial charge in [-0.25, -0.2) is 4.98 Å². The fourth-order valence-electron chi connectivity index (χ4n) is 2.56. The molecule has 1 atom stereocenters. The Morgan fingerprint density at radius 3 is 2.94 bits per heavy atom. The number of hydrogen-bond acceptors (Lipinski definition) is 4. The second-order valence-corrected chi connectivity index (χ2v) is 5.55. The largest absolute Gasteiger partial charge is 0.384 e. The highest BCUT2D eigenvalue weighted by Crippen LogP contribution is 2.34. The van der Waals surface area contributed by atoms with Crippen LogP contribution in [0.3, 0.4) is 0 Å². The fourth-order valence-corrected chi connectivity index (χ4v) is 2.56. The van der Waals surface area contributed by atoms with Crippen molar-refractivity contribution in [2.24, 2.45) is 7.05 Å². The molecule has 0 saturated carbocycles. The van der Waals surface area contributed by atoms with Crippen molar-refractivity contribution in [3.8, 4) is 0 Å². The van der Waals surface area contributed by atoms with Crippen LogP contribution in [0, 0.1) is 0 Å². The summed E-state index contributed by atoms with van der Waals surface area (Å²) < 4.78 is 12.7. The Morgan fingerprint density at radius 1 is 1.50 bits per heavy atom. The maximum absolute atomic E-state index is 5.75. The zero-order valence-corrected chi connectivity index (χ0v) is 11.8. The lowest BCUT2D eigenvalue weighted by Gasteiger charge is -2.34. The summed E-state index contributed by atoms with van der Waals surface area (Å²) in [5, 5.41) is 4.46. The monoisotopic (exact) mass is 253 g/mol. The molecule has 1 saturated heterocycles. The normalized spacial score (nSPS) is 23.2. The van der Waals surface area contributed by atoms with Gasteiger partial charge in [-0.05, 0) is 26.7 Å². The van der Waals surface area contributed by atoms with Crippen LogP contribution in [0.25, 0.3) is 0 Å². The van der Waals surface area contributed by atoms with Crippen LogP contribution in [0.5, 0.6) is 0 Å². The maximum Gasteiger partial charge on any atom is 0.153 e. The lowest BCUT2D eigenvalue weighted by Crippen LogP contribution is -2.33. The second kappa shape index (κ2) is 5.36. The van der Waals surface area contributed by atoms with Crippen LogP contribution < -0.4 is 0 Å². The van der Waals surface area contributed by atoms with Crippen LogP contribution in [-0.2, 0) is 22.9 Å². The van der Waals surface area contributed by atoms with Gasteiger partial charge in [0.15, 0.2) is 5.82 Å². The topological polar surface area (TPSA) is 49.2 Å². The van der Waals surface area contributed by atoms with Crippen LogP contribution in [0.2, 0.25) is 0 Å². The van der Waals surface area contributed by atoms with E-state index in [4.69, 9.17) is 9.47 Å². The molecule has 1 unspecified atom stereocenters. The van der Waals surface area contributed by atoms with E-state index in [1.807, 2.05) is 11.7 Å². The molecule has 0 radical (unpaired) electrons. The van der Waals surface area contributed by atoms with E-state index >= 15 is 0 Å². The SMILES string of the molecule is COCCc1nc(C2CCOC(C)(C)C2)n(C)n1. The minimum atomic E-state index is -0.0540. The van der Waals surface area contributed by atoms with Crippen molar-refractivity contribution in [1.82, 2.24) is 14.8 Å². The zero-order chi connectivity index (χ0) is 13.2. The third kappa shape index (κ3) is 3.09. The Balaban J connectivity index is 2.10. The van der Waals surface area contributed by atoms with Crippen LogP contribution in [0.1, 0.15) is 44.3 Å². The highest BCUT2D eigenvalue weighted by atomic mass is 16.5. The number of hydrogen-bond donors (Lipinski definition) is 0. The van der Waals surface area contributed by atoms with Crippen molar-refractivity contribution >= 4 is 0 Å². The van der Waals surface area contributed by atoms with Crippen LogP contribution >= 0.6 is 0 Å². The molecule has 0 N–H and O–H groups in total. The van der Waals surface area contributed by atoms with Crippen molar-refractivity contribution in [3.05, 3.63) is 11.6 Å². The van der Waals surface area contributed by atoms with Gasteiger partial charge in [0.05, 0.1) is 12.2 Å². The molecule has 5 heteroatoms. The summed E-state index contributed by atoms with van der Waals surface area (Å²) in [5.74, 6) is 2.40. The lowest BCUT2D eigenvalue weighted by atomic mass is 9.88. The molecule has 0 amide bonds. The molecule has 1 aromatic rings. The average molecular weight is 253 g/mol. The average Bonchev–Trinajstić information content (AvgIpc) is 2.66. The molecule has 0 aliphatic carbocycles. The summed E-state index contributed by atoms with van der Waals surface area (Å²) in [6, 6.07) is 0. The standard InChI is InChI=1S/C13H23N3O2/c1-13(2)9-10(5-8-18-13)12-14-11(6-7-17-4)15-16(12)3/h10H,5-9H2,1-4H3. The molecule has 1 aromatic heterocycles.